The van der Waals surface area contributed by atoms with Crippen LogP contribution in [0.5, 0.6) is 5.75 Å². The fourth-order valence-corrected chi connectivity index (χ4v) is 6.17. The minimum Gasteiger partial charge on any atom is -0.495 e. The second kappa shape index (κ2) is 9.78. The maximum Gasteiger partial charge on any atom is 0.266 e. The first-order valence-electron chi connectivity index (χ1n) is 10.4. The number of carbonyl (C=O) groups is 1. The van der Waals surface area contributed by atoms with Gasteiger partial charge in [0.1, 0.15) is 16.5 Å². The molecule has 2 aromatic heterocycles. The van der Waals surface area contributed by atoms with E-state index in [1.165, 1.54) is 24.6 Å². The van der Waals surface area contributed by atoms with Crippen molar-refractivity contribution in [1.29, 1.82) is 0 Å². The maximum absolute atomic E-state index is 13.1. The molecular weight excluding hydrogens is 528 g/mol. The summed E-state index contributed by atoms with van der Waals surface area (Å²) in [4.78, 5) is 21.8. The van der Waals surface area contributed by atoms with Gasteiger partial charge in [0.15, 0.2) is 5.13 Å². The number of aryl methyl sites for hydroxylation is 1. The van der Waals surface area contributed by atoms with Gasteiger partial charge in [-0.15, -0.1) is 0 Å². The second-order valence-electron chi connectivity index (χ2n) is 7.74. The molecule has 174 valence electrons. The first-order chi connectivity index (χ1) is 15.8. The number of ether oxygens (including phenoxy) is 1. The number of pyridine rings is 1. The minimum absolute atomic E-state index is 0.00278. The van der Waals surface area contributed by atoms with E-state index in [0.717, 1.165) is 35.0 Å². The molecule has 1 aromatic carbocycles. The largest absolute Gasteiger partial charge is 0.495 e. The second-order valence-corrected chi connectivity index (χ2v) is 11.3. The molecule has 1 aliphatic carbocycles. The lowest BCUT2D eigenvalue weighted by Crippen LogP contribution is -2.20. The van der Waals surface area contributed by atoms with E-state index in [2.05, 4.69) is 35.9 Å². The maximum atomic E-state index is 13.1. The van der Waals surface area contributed by atoms with E-state index in [0.29, 0.717) is 16.4 Å². The lowest BCUT2D eigenvalue weighted by Gasteiger charge is -2.12. The number of aromatic nitrogens is 2. The van der Waals surface area contributed by atoms with Gasteiger partial charge in [-0.25, -0.2) is 18.4 Å². The van der Waals surface area contributed by atoms with E-state index < -0.39 is 10.0 Å². The summed E-state index contributed by atoms with van der Waals surface area (Å²) in [5, 5.41) is 3.43. The van der Waals surface area contributed by atoms with Gasteiger partial charge in [0, 0.05) is 16.6 Å². The Bertz CT molecular complexity index is 1270. The zero-order valence-corrected chi connectivity index (χ0v) is 21.3. The van der Waals surface area contributed by atoms with Crippen LogP contribution in [0.2, 0.25) is 0 Å². The van der Waals surface area contributed by atoms with Crippen molar-refractivity contribution in [2.24, 2.45) is 5.92 Å². The number of nitrogens with one attached hydrogen (secondary N) is 2. The van der Waals surface area contributed by atoms with E-state index in [4.69, 9.17) is 4.74 Å². The van der Waals surface area contributed by atoms with Crippen molar-refractivity contribution < 1.29 is 17.9 Å². The molecule has 1 saturated carbocycles. The first kappa shape index (κ1) is 23.7. The minimum atomic E-state index is -3.97. The summed E-state index contributed by atoms with van der Waals surface area (Å²) in [6.07, 6.45) is 5.47. The van der Waals surface area contributed by atoms with Crippen molar-refractivity contribution >= 4 is 54.1 Å². The molecule has 33 heavy (non-hydrogen) atoms. The average molecular weight is 551 g/mol. The van der Waals surface area contributed by atoms with Crippen molar-refractivity contribution in [2.75, 3.05) is 17.1 Å². The molecule has 11 heteroatoms. The van der Waals surface area contributed by atoms with Crippen LogP contribution in [0.4, 0.5) is 10.9 Å². The van der Waals surface area contributed by atoms with Crippen molar-refractivity contribution in [1.82, 2.24) is 9.97 Å². The molecule has 8 nitrogen and oxygen atoms in total. The van der Waals surface area contributed by atoms with Gasteiger partial charge >= 0.3 is 0 Å². The summed E-state index contributed by atoms with van der Waals surface area (Å²) < 4.78 is 34.8. The number of thiazole rings is 1. The predicted molar refractivity (Wildman–Crippen MR) is 132 cm³/mol. The predicted octanol–water partition coefficient (Wildman–Crippen LogP) is 5.21. The zero-order chi connectivity index (χ0) is 23.6. The van der Waals surface area contributed by atoms with E-state index in [9.17, 15) is 13.2 Å². The molecule has 4 rings (SSSR count). The normalized spacial score (nSPS) is 14.3. The fourth-order valence-electron chi connectivity index (χ4n) is 3.77. The number of benzene rings is 1. The standard InChI is InChI=1S/C22H23BrN4O4S2/c1-13-20(32-22(25-13)26-21(28)14-5-3-4-6-14)15-7-9-17(31-2)18(11-15)33(29,30)27-19-10-8-16(23)12-24-19/h7-12,14H,3-6H2,1-2H3,(H,24,27)(H,25,26,28). The molecule has 0 unspecified atom stereocenters. The molecule has 2 N–H and O–H groups in total. The van der Waals surface area contributed by atoms with Crippen molar-refractivity contribution in [3.8, 4) is 16.2 Å². The van der Waals surface area contributed by atoms with Crippen molar-refractivity contribution in [3.63, 3.8) is 0 Å². The van der Waals surface area contributed by atoms with Crippen LogP contribution in [0.25, 0.3) is 10.4 Å². The van der Waals surface area contributed by atoms with Gasteiger partial charge in [0.05, 0.1) is 17.7 Å². The number of halogens is 1. The van der Waals surface area contributed by atoms with Crippen LogP contribution in [-0.4, -0.2) is 31.4 Å². The lowest BCUT2D eigenvalue weighted by atomic mass is 10.1. The van der Waals surface area contributed by atoms with Crippen LogP contribution >= 0.6 is 27.3 Å². The Balaban J connectivity index is 1.63. The third kappa shape index (κ3) is 5.36. The van der Waals surface area contributed by atoms with Crippen molar-refractivity contribution in [2.45, 2.75) is 37.5 Å². The summed E-state index contributed by atoms with van der Waals surface area (Å²) in [5.41, 5.74) is 1.37. The molecule has 0 spiro atoms. The molecule has 2 heterocycles. The number of methoxy groups -OCH3 is 1. The van der Waals surface area contributed by atoms with Crippen LogP contribution in [0, 0.1) is 12.8 Å². The Kier molecular flexibility index (Phi) is 7.01. The van der Waals surface area contributed by atoms with Gasteiger partial charge in [0.2, 0.25) is 5.91 Å². The number of hydrogen-bond donors (Lipinski definition) is 2. The summed E-state index contributed by atoms with van der Waals surface area (Å²) in [5.74, 6) is 0.433. The van der Waals surface area contributed by atoms with Crippen LogP contribution in [0.1, 0.15) is 31.4 Å². The highest BCUT2D eigenvalue weighted by molar-refractivity contribution is 9.10. The van der Waals surface area contributed by atoms with Crippen LogP contribution in [0.3, 0.4) is 0 Å². The highest BCUT2D eigenvalue weighted by Gasteiger charge is 2.25. The van der Waals surface area contributed by atoms with E-state index in [-0.39, 0.29) is 28.3 Å². The van der Waals surface area contributed by atoms with Crippen LogP contribution in [0.15, 0.2) is 45.9 Å². The number of sulfonamides is 1. The van der Waals surface area contributed by atoms with E-state index >= 15 is 0 Å². The van der Waals surface area contributed by atoms with Gasteiger partial charge in [0.25, 0.3) is 10.0 Å². The number of nitrogens with zero attached hydrogens (tertiary/aromatic N) is 2. The molecule has 0 radical (unpaired) electrons. The quantitative estimate of drug-likeness (QED) is 0.417. The van der Waals surface area contributed by atoms with Gasteiger partial charge in [-0.1, -0.05) is 24.2 Å². The van der Waals surface area contributed by atoms with Crippen molar-refractivity contribution in [3.05, 3.63) is 46.7 Å². The molecule has 0 atom stereocenters. The number of carbonyl (C=O) groups excluding carboxylic acids is 1. The van der Waals surface area contributed by atoms with E-state index in [1.807, 2.05) is 6.92 Å². The summed E-state index contributed by atoms with van der Waals surface area (Å²) >= 11 is 4.60. The molecule has 3 aromatic rings. The Morgan fingerprint density at radius 2 is 1.97 bits per heavy atom. The average Bonchev–Trinajstić information content (AvgIpc) is 3.45. The van der Waals surface area contributed by atoms with Crippen LogP contribution in [-0.2, 0) is 14.8 Å². The van der Waals surface area contributed by atoms with Crippen LogP contribution < -0.4 is 14.8 Å². The summed E-state index contributed by atoms with van der Waals surface area (Å²) in [7, 11) is -2.56. The number of hydrogen-bond acceptors (Lipinski definition) is 7. The lowest BCUT2D eigenvalue weighted by molar-refractivity contribution is -0.119. The SMILES string of the molecule is COc1ccc(-c2sc(NC(=O)C3CCCC3)nc2C)cc1S(=O)(=O)Nc1ccc(Br)cn1. The monoisotopic (exact) mass is 550 g/mol. The van der Waals surface area contributed by atoms with E-state index in [1.54, 1.807) is 30.3 Å². The molecule has 1 fully saturated rings. The molecule has 1 amide bonds. The van der Waals surface area contributed by atoms with Gasteiger partial charge in [-0.2, -0.15) is 0 Å². The Morgan fingerprint density at radius 1 is 1.21 bits per heavy atom. The zero-order valence-electron chi connectivity index (χ0n) is 18.1. The smallest absolute Gasteiger partial charge is 0.266 e. The summed E-state index contributed by atoms with van der Waals surface area (Å²) in [6.45, 7) is 1.83. The van der Waals surface area contributed by atoms with Gasteiger partial charge < -0.3 is 10.1 Å². The molecule has 0 saturated heterocycles. The molecule has 0 aliphatic heterocycles. The molecule has 1 aliphatic rings. The molecular formula is C22H23BrN4O4S2. The Hall–Kier alpha value is -2.50. The number of amides is 1. The Morgan fingerprint density at radius 3 is 2.64 bits per heavy atom. The highest BCUT2D eigenvalue weighted by atomic mass is 79.9. The van der Waals surface area contributed by atoms with Gasteiger partial charge in [-0.05, 0) is 71.6 Å². The molecule has 0 bridgehead atoms. The Labute approximate surface area is 205 Å². The third-order valence-electron chi connectivity index (χ3n) is 5.43. The summed E-state index contributed by atoms with van der Waals surface area (Å²) in [6, 6.07) is 8.18. The first-order valence-corrected chi connectivity index (χ1v) is 13.5. The topological polar surface area (TPSA) is 110 Å². The number of rotatable bonds is 7. The third-order valence-corrected chi connectivity index (χ3v) is 8.40. The van der Waals surface area contributed by atoms with Gasteiger partial charge in [-0.3, -0.25) is 9.52 Å². The highest BCUT2D eigenvalue weighted by Crippen LogP contribution is 2.37. The fraction of sp³-hybridized carbons (Fsp3) is 0.318. The number of anilines is 2.